The molecule has 9 nitrogen and oxygen atoms in total. The molecule has 0 aliphatic rings. The number of nitrogens with zero attached hydrogens (tertiary/aromatic N) is 4. The van der Waals surface area contributed by atoms with Gasteiger partial charge in [0.05, 0.1) is 11.0 Å². The maximum absolute atomic E-state index is 11.4. The van der Waals surface area contributed by atoms with Crippen molar-refractivity contribution in [2.75, 3.05) is 0 Å². The lowest BCUT2D eigenvalue weighted by molar-refractivity contribution is -0.385. The number of benzene rings is 1. The molecule has 1 atom stereocenters. The zero-order valence-corrected chi connectivity index (χ0v) is 15.0. The first kappa shape index (κ1) is 18.5. The standard InChI is InChI=1S/C18H20N6O3/c1-11(2)16(18-22-21-15-5-3-4-8-23(15)18)20-10-13-7-6-12(17(19)25)9-14(13)24(26)27/h3-9,11,16,20H,10H2,1-2H3,(H2,19,25)/t16-/m1/s1. The van der Waals surface area contributed by atoms with Crippen LogP contribution >= 0.6 is 0 Å². The molecular formula is C18H20N6O3. The summed E-state index contributed by atoms with van der Waals surface area (Å²) < 4.78 is 1.89. The quantitative estimate of drug-likeness (QED) is 0.486. The van der Waals surface area contributed by atoms with Crippen LogP contribution in [0.5, 0.6) is 0 Å². The van der Waals surface area contributed by atoms with Gasteiger partial charge in [-0.15, -0.1) is 10.2 Å². The summed E-state index contributed by atoms with van der Waals surface area (Å²) in [5, 5.41) is 23.2. The fourth-order valence-electron chi connectivity index (χ4n) is 2.95. The van der Waals surface area contributed by atoms with Crippen LogP contribution in [0.15, 0.2) is 42.6 Å². The maximum Gasteiger partial charge on any atom is 0.274 e. The third-order valence-electron chi connectivity index (χ3n) is 4.36. The van der Waals surface area contributed by atoms with Crippen LogP contribution in [0.3, 0.4) is 0 Å². The number of carbonyl (C=O) groups is 1. The Morgan fingerprint density at radius 1 is 1.30 bits per heavy atom. The lowest BCUT2D eigenvalue weighted by Crippen LogP contribution is -2.27. The number of rotatable bonds is 7. The number of aromatic nitrogens is 3. The van der Waals surface area contributed by atoms with Crippen molar-refractivity contribution < 1.29 is 9.72 Å². The highest BCUT2D eigenvalue weighted by atomic mass is 16.6. The van der Waals surface area contributed by atoms with Gasteiger partial charge in [-0.1, -0.05) is 26.0 Å². The highest BCUT2D eigenvalue weighted by Gasteiger charge is 2.23. The molecule has 140 valence electrons. The molecule has 0 radical (unpaired) electrons. The Hall–Kier alpha value is -3.33. The number of carbonyl (C=O) groups excluding carboxylic acids is 1. The van der Waals surface area contributed by atoms with Gasteiger partial charge < -0.3 is 11.1 Å². The Bertz CT molecular complexity index is 998. The second kappa shape index (κ2) is 7.50. The highest BCUT2D eigenvalue weighted by molar-refractivity contribution is 5.93. The third kappa shape index (κ3) is 3.77. The summed E-state index contributed by atoms with van der Waals surface area (Å²) in [6.45, 7) is 4.30. The van der Waals surface area contributed by atoms with Crippen molar-refractivity contribution in [2.24, 2.45) is 11.7 Å². The molecule has 0 saturated carbocycles. The van der Waals surface area contributed by atoms with E-state index >= 15 is 0 Å². The fourth-order valence-corrected chi connectivity index (χ4v) is 2.95. The van der Waals surface area contributed by atoms with Crippen LogP contribution in [0, 0.1) is 16.0 Å². The number of amides is 1. The Kier molecular flexibility index (Phi) is 5.13. The van der Waals surface area contributed by atoms with Gasteiger partial charge in [-0.3, -0.25) is 19.3 Å². The van der Waals surface area contributed by atoms with Gasteiger partial charge in [0.1, 0.15) is 0 Å². The normalized spacial score (nSPS) is 12.4. The number of primary amides is 1. The van der Waals surface area contributed by atoms with Crippen LogP contribution in [0.4, 0.5) is 5.69 Å². The van der Waals surface area contributed by atoms with Gasteiger partial charge >= 0.3 is 0 Å². The highest BCUT2D eigenvalue weighted by Crippen LogP contribution is 2.24. The average Bonchev–Trinajstić information content (AvgIpc) is 3.05. The maximum atomic E-state index is 11.4. The molecule has 0 aliphatic carbocycles. The van der Waals surface area contributed by atoms with E-state index in [-0.39, 0.29) is 29.8 Å². The zero-order valence-electron chi connectivity index (χ0n) is 15.0. The minimum atomic E-state index is -0.701. The number of nitro benzene ring substituents is 1. The van der Waals surface area contributed by atoms with Crippen LogP contribution in [0.2, 0.25) is 0 Å². The molecule has 0 aliphatic heterocycles. The van der Waals surface area contributed by atoms with Crippen LogP contribution in [0.25, 0.3) is 5.65 Å². The van der Waals surface area contributed by atoms with Gasteiger partial charge in [0, 0.05) is 29.9 Å². The van der Waals surface area contributed by atoms with Crippen molar-refractivity contribution in [3.8, 4) is 0 Å². The summed E-state index contributed by atoms with van der Waals surface area (Å²) in [5.41, 5.74) is 6.37. The van der Waals surface area contributed by atoms with Crippen molar-refractivity contribution in [2.45, 2.75) is 26.4 Å². The molecule has 3 N–H and O–H groups in total. The fraction of sp³-hybridized carbons (Fsp3) is 0.278. The molecule has 2 heterocycles. The SMILES string of the molecule is CC(C)[C@@H](NCc1ccc(C(N)=O)cc1[N+](=O)[O-])c1nnc2ccccn12. The summed E-state index contributed by atoms with van der Waals surface area (Å²) in [4.78, 5) is 22.2. The molecule has 2 aromatic heterocycles. The van der Waals surface area contributed by atoms with E-state index in [1.165, 1.54) is 12.1 Å². The van der Waals surface area contributed by atoms with E-state index in [0.29, 0.717) is 5.56 Å². The molecule has 1 amide bonds. The van der Waals surface area contributed by atoms with Crippen molar-refractivity contribution in [1.82, 2.24) is 19.9 Å². The van der Waals surface area contributed by atoms with Crippen LogP contribution in [-0.4, -0.2) is 25.4 Å². The minimum absolute atomic E-state index is 0.106. The number of hydrogen-bond donors (Lipinski definition) is 2. The second-order valence-electron chi connectivity index (χ2n) is 6.55. The average molecular weight is 368 g/mol. The van der Waals surface area contributed by atoms with Crippen LogP contribution < -0.4 is 11.1 Å². The molecule has 0 saturated heterocycles. The van der Waals surface area contributed by atoms with Crippen molar-refractivity contribution in [3.63, 3.8) is 0 Å². The Balaban J connectivity index is 1.89. The number of nitrogens with two attached hydrogens (primary N) is 1. The lowest BCUT2D eigenvalue weighted by Gasteiger charge is -2.21. The van der Waals surface area contributed by atoms with Crippen molar-refractivity contribution in [1.29, 1.82) is 0 Å². The first-order valence-corrected chi connectivity index (χ1v) is 8.48. The van der Waals surface area contributed by atoms with Crippen LogP contribution in [0.1, 0.15) is 41.6 Å². The van der Waals surface area contributed by atoms with E-state index in [9.17, 15) is 14.9 Å². The molecule has 1 aromatic carbocycles. The molecule has 0 fully saturated rings. The second-order valence-corrected chi connectivity index (χ2v) is 6.55. The van der Waals surface area contributed by atoms with Gasteiger partial charge in [-0.2, -0.15) is 0 Å². The van der Waals surface area contributed by atoms with Gasteiger partial charge in [0.15, 0.2) is 11.5 Å². The van der Waals surface area contributed by atoms with Gasteiger partial charge in [0.2, 0.25) is 5.91 Å². The van der Waals surface area contributed by atoms with Crippen molar-refractivity contribution >= 4 is 17.2 Å². The van der Waals surface area contributed by atoms with E-state index < -0.39 is 10.8 Å². The Labute approximate surface area is 155 Å². The number of hydrogen-bond acceptors (Lipinski definition) is 6. The topological polar surface area (TPSA) is 128 Å². The molecule has 0 spiro atoms. The van der Waals surface area contributed by atoms with E-state index in [0.717, 1.165) is 11.5 Å². The number of nitrogens with one attached hydrogen (secondary N) is 1. The van der Waals surface area contributed by atoms with E-state index in [2.05, 4.69) is 15.5 Å². The summed E-state index contributed by atoms with van der Waals surface area (Å²) in [6.07, 6.45) is 1.88. The number of nitro groups is 1. The summed E-state index contributed by atoms with van der Waals surface area (Å²) in [5.74, 6) is 0.200. The number of pyridine rings is 1. The summed E-state index contributed by atoms with van der Waals surface area (Å²) in [7, 11) is 0. The Morgan fingerprint density at radius 2 is 2.07 bits per heavy atom. The van der Waals surface area contributed by atoms with Gasteiger partial charge in [-0.05, 0) is 24.1 Å². The molecule has 27 heavy (non-hydrogen) atoms. The predicted molar refractivity (Wildman–Crippen MR) is 99.0 cm³/mol. The predicted octanol–water partition coefficient (Wildman–Crippen LogP) is 2.22. The molecule has 9 heteroatoms. The third-order valence-corrected chi connectivity index (χ3v) is 4.36. The van der Waals surface area contributed by atoms with Crippen molar-refractivity contribution in [3.05, 3.63) is 69.7 Å². The molecule has 3 rings (SSSR count). The molecular weight excluding hydrogens is 348 g/mol. The zero-order chi connectivity index (χ0) is 19.6. The van der Waals surface area contributed by atoms with E-state index in [1.807, 2.05) is 42.6 Å². The van der Waals surface area contributed by atoms with Crippen LogP contribution in [-0.2, 0) is 6.54 Å². The minimum Gasteiger partial charge on any atom is -0.366 e. The van der Waals surface area contributed by atoms with E-state index in [4.69, 9.17) is 5.73 Å². The molecule has 0 unspecified atom stereocenters. The van der Waals surface area contributed by atoms with Gasteiger partial charge in [0.25, 0.3) is 5.69 Å². The van der Waals surface area contributed by atoms with Gasteiger partial charge in [-0.25, -0.2) is 0 Å². The first-order valence-electron chi connectivity index (χ1n) is 8.48. The largest absolute Gasteiger partial charge is 0.366 e. The molecule has 0 bridgehead atoms. The smallest absolute Gasteiger partial charge is 0.274 e. The van der Waals surface area contributed by atoms with E-state index in [1.54, 1.807) is 6.07 Å². The monoisotopic (exact) mass is 368 g/mol. The summed E-state index contributed by atoms with van der Waals surface area (Å²) in [6, 6.07) is 9.71. The number of fused-ring (bicyclic) bond motifs is 1. The first-order chi connectivity index (χ1) is 12.9. The lowest BCUT2D eigenvalue weighted by atomic mass is 10.0. The molecule has 3 aromatic rings. The Morgan fingerprint density at radius 3 is 2.74 bits per heavy atom. The summed E-state index contributed by atoms with van der Waals surface area (Å²) >= 11 is 0.